The van der Waals surface area contributed by atoms with E-state index >= 15 is 0 Å². The lowest BCUT2D eigenvalue weighted by atomic mass is 10.1. The molecule has 1 aliphatic heterocycles. The SMILES string of the molecule is O=C(/C=C/c1cccc(C(F)(F)F)c1)Nc1cccc(CN2CCOCC2)c1. The van der Waals surface area contributed by atoms with E-state index in [1.54, 1.807) is 6.07 Å². The van der Waals surface area contributed by atoms with Gasteiger partial charge >= 0.3 is 6.18 Å². The zero-order chi connectivity index (χ0) is 20.0. The topological polar surface area (TPSA) is 41.6 Å². The Balaban J connectivity index is 1.60. The number of halogens is 3. The van der Waals surface area contributed by atoms with Crippen LogP contribution in [0.2, 0.25) is 0 Å². The summed E-state index contributed by atoms with van der Waals surface area (Å²) in [6.45, 7) is 3.95. The minimum absolute atomic E-state index is 0.311. The molecule has 0 aromatic heterocycles. The predicted octanol–water partition coefficient (Wildman–Crippen LogP) is 4.19. The van der Waals surface area contributed by atoms with Gasteiger partial charge in [-0.2, -0.15) is 13.2 Å². The molecule has 2 aromatic carbocycles. The summed E-state index contributed by atoms with van der Waals surface area (Å²) >= 11 is 0. The van der Waals surface area contributed by atoms with E-state index in [2.05, 4.69) is 10.2 Å². The standard InChI is InChI=1S/C21H21F3N2O2/c22-21(23,24)18-5-1-3-16(13-18)7-8-20(27)25-19-6-2-4-17(14-19)15-26-9-11-28-12-10-26/h1-8,13-14H,9-12,15H2,(H,25,27)/b8-7+. The second-order valence-electron chi connectivity index (χ2n) is 6.53. The molecule has 1 heterocycles. The molecule has 1 fully saturated rings. The number of carbonyl (C=O) groups is 1. The zero-order valence-corrected chi connectivity index (χ0v) is 15.2. The molecule has 28 heavy (non-hydrogen) atoms. The van der Waals surface area contributed by atoms with Gasteiger partial charge in [0.05, 0.1) is 18.8 Å². The molecule has 1 aliphatic rings. The van der Waals surface area contributed by atoms with E-state index in [0.29, 0.717) is 11.3 Å². The molecule has 0 saturated carbocycles. The van der Waals surface area contributed by atoms with Crippen LogP contribution in [0.25, 0.3) is 6.08 Å². The smallest absolute Gasteiger partial charge is 0.379 e. The lowest BCUT2D eigenvalue weighted by Crippen LogP contribution is -2.35. The Labute approximate surface area is 161 Å². The first-order valence-electron chi connectivity index (χ1n) is 8.95. The Hall–Kier alpha value is -2.64. The van der Waals surface area contributed by atoms with Gasteiger partial charge in [0.2, 0.25) is 5.91 Å². The van der Waals surface area contributed by atoms with Crippen LogP contribution in [0.1, 0.15) is 16.7 Å². The van der Waals surface area contributed by atoms with E-state index < -0.39 is 17.6 Å². The minimum Gasteiger partial charge on any atom is -0.379 e. The lowest BCUT2D eigenvalue weighted by molar-refractivity contribution is -0.137. The Kier molecular flexibility index (Phi) is 6.49. The fourth-order valence-corrected chi connectivity index (χ4v) is 2.94. The maximum Gasteiger partial charge on any atom is 0.416 e. The number of hydrogen-bond acceptors (Lipinski definition) is 3. The summed E-state index contributed by atoms with van der Waals surface area (Å²) < 4.78 is 43.6. The van der Waals surface area contributed by atoms with Crippen molar-refractivity contribution in [2.75, 3.05) is 31.6 Å². The molecule has 0 unspecified atom stereocenters. The summed E-state index contributed by atoms with van der Waals surface area (Å²) in [6.07, 6.45) is -1.82. The average molecular weight is 390 g/mol. The van der Waals surface area contributed by atoms with Crippen molar-refractivity contribution in [3.8, 4) is 0 Å². The Morgan fingerprint density at radius 3 is 2.61 bits per heavy atom. The van der Waals surface area contributed by atoms with Crippen LogP contribution in [0.5, 0.6) is 0 Å². The third-order valence-corrected chi connectivity index (χ3v) is 4.35. The molecule has 0 bridgehead atoms. The fraction of sp³-hybridized carbons (Fsp3) is 0.286. The van der Waals surface area contributed by atoms with Crippen molar-refractivity contribution in [2.24, 2.45) is 0 Å². The number of alkyl halides is 3. The molecule has 148 valence electrons. The molecule has 1 N–H and O–H groups in total. The van der Waals surface area contributed by atoms with Crippen LogP contribution >= 0.6 is 0 Å². The average Bonchev–Trinajstić information content (AvgIpc) is 2.67. The van der Waals surface area contributed by atoms with E-state index in [1.807, 2.05) is 18.2 Å². The number of amides is 1. The van der Waals surface area contributed by atoms with Crippen molar-refractivity contribution in [1.82, 2.24) is 4.90 Å². The molecule has 4 nitrogen and oxygen atoms in total. The third kappa shape index (κ3) is 5.94. The second kappa shape index (κ2) is 9.03. The van der Waals surface area contributed by atoms with Gasteiger partial charge in [-0.25, -0.2) is 0 Å². The van der Waals surface area contributed by atoms with Crippen LogP contribution in [0.3, 0.4) is 0 Å². The number of carbonyl (C=O) groups excluding carboxylic acids is 1. The van der Waals surface area contributed by atoms with Crippen LogP contribution in [0, 0.1) is 0 Å². The summed E-state index contributed by atoms with van der Waals surface area (Å²) in [5, 5.41) is 2.74. The van der Waals surface area contributed by atoms with Crippen molar-refractivity contribution >= 4 is 17.7 Å². The van der Waals surface area contributed by atoms with Gasteiger partial charge in [-0.3, -0.25) is 9.69 Å². The number of morpholine rings is 1. The summed E-state index contributed by atoms with van der Waals surface area (Å²) in [4.78, 5) is 14.4. The van der Waals surface area contributed by atoms with Gasteiger partial charge in [0, 0.05) is 31.4 Å². The molecule has 0 atom stereocenters. The van der Waals surface area contributed by atoms with Crippen molar-refractivity contribution in [2.45, 2.75) is 12.7 Å². The Morgan fingerprint density at radius 1 is 1.11 bits per heavy atom. The molecule has 3 rings (SSSR count). The van der Waals surface area contributed by atoms with Gasteiger partial charge in [0.25, 0.3) is 0 Å². The number of benzene rings is 2. The van der Waals surface area contributed by atoms with Crippen molar-refractivity contribution in [3.63, 3.8) is 0 Å². The number of hydrogen-bond donors (Lipinski definition) is 1. The van der Waals surface area contributed by atoms with Gasteiger partial charge in [-0.1, -0.05) is 24.3 Å². The molecular weight excluding hydrogens is 369 g/mol. The van der Waals surface area contributed by atoms with Gasteiger partial charge in [-0.15, -0.1) is 0 Å². The lowest BCUT2D eigenvalue weighted by Gasteiger charge is -2.26. The monoisotopic (exact) mass is 390 g/mol. The van der Waals surface area contributed by atoms with Crippen LogP contribution < -0.4 is 5.32 Å². The van der Waals surface area contributed by atoms with E-state index in [-0.39, 0.29) is 0 Å². The molecule has 0 spiro atoms. The number of ether oxygens (including phenoxy) is 1. The van der Waals surface area contributed by atoms with Crippen molar-refractivity contribution in [3.05, 3.63) is 71.3 Å². The van der Waals surface area contributed by atoms with Gasteiger partial charge < -0.3 is 10.1 Å². The second-order valence-corrected chi connectivity index (χ2v) is 6.53. The van der Waals surface area contributed by atoms with Crippen molar-refractivity contribution in [1.29, 1.82) is 0 Å². The quantitative estimate of drug-likeness (QED) is 0.779. The minimum atomic E-state index is -4.41. The van der Waals surface area contributed by atoms with E-state index in [0.717, 1.165) is 50.5 Å². The number of anilines is 1. The van der Waals surface area contributed by atoms with Gasteiger partial charge in [0.1, 0.15) is 0 Å². The maximum absolute atomic E-state index is 12.7. The first-order chi connectivity index (χ1) is 13.4. The van der Waals surface area contributed by atoms with Gasteiger partial charge in [-0.05, 0) is 41.5 Å². The van der Waals surface area contributed by atoms with E-state index in [4.69, 9.17) is 4.74 Å². The van der Waals surface area contributed by atoms with Gasteiger partial charge in [0.15, 0.2) is 0 Å². The summed E-state index contributed by atoms with van der Waals surface area (Å²) in [5.41, 5.74) is 1.28. The summed E-state index contributed by atoms with van der Waals surface area (Å²) in [5.74, 6) is -0.402. The molecule has 7 heteroatoms. The first-order valence-corrected chi connectivity index (χ1v) is 8.95. The number of rotatable bonds is 5. The van der Waals surface area contributed by atoms with E-state index in [9.17, 15) is 18.0 Å². The first kappa shape index (κ1) is 20.1. The van der Waals surface area contributed by atoms with Crippen LogP contribution in [0.15, 0.2) is 54.6 Å². The van der Waals surface area contributed by atoms with Crippen LogP contribution in [-0.2, 0) is 22.3 Å². The predicted molar refractivity (Wildman–Crippen MR) is 102 cm³/mol. The molecule has 2 aromatic rings. The number of nitrogens with one attached hydrogen (secondary N) is 1. The highest BCUT2D eigenvalue weighted by atomic mass is 19.4. The van der Waals surface area contributed by atoms with Crippen molar-refractivity contribution < 1.29 is 22.7 Å². The summed E-state index contributed by atoms with van der Waals surface area (Å²) in [6, 6.07) is 12.4. The fourth-order valence-electron chi connectivity index (χ4n) is 2.94. The largest absolute Gasteiger partial charge is 0.416 e. The molecule has 1 saturated heterocycles. The number of nitrogens with zero attached hydrogens (tertiary/aromatic N) is 1. The Morgan fingerprint density at radius 2 is 1.86 bits per heavy atom. The highest BCUT2D eigenvalue weighted by Crippen LogP contribution is 2.29. The molecule has 1 amide bonds. The highest BCUT2D eigenvalue weighted by Gasteiger charge is 2.30. The van der Waals surface area contributed by atoms with Crippen LogP contribution in [0.4, 0.5) is 18.9 Å². The Bertz CT molecular complexity index is 844. The van der Waals surface area contributed by atoms with E-state index in [1.165, 1.54) is 24.3 Å². The molecular formula is C21H21F3N2O2. The molecule has 0 radical (unpaired) electrons. The third-order valence-electron chi connectivity index (χ3n) is 4.35. The molecule has 0 aliphatic carbocycles. The maximum atomic E-state index is 12.7. The normalized spacial score (nSPS) is 15.7. The van der Waals surface area contributed by atoms with Crippen LogP contribution in [-0.4, -0.2) is 37.1 Å². The zero-order valence-electron chi connectivity index (χ0n) is 15.2. The summed E-state index contributed by atoms with van der Waals surface area (Å²) in [7, 11) is 0. The highest BCUT2D eigenvalue weighted by molar-refractivity contribution is 6.01.